The number of nitrogens with one attached hydrogen (secondary N) is 2. The van der Waals surface area contributed by atoms with E-state index in [4.69, 9.17) is 0 Å². The van der Waals surface area contributed by atoms with Crippen LogP contribution in [-0.2, 0) is 4.79 Å². The van der Waals surface area contributed by atoms with Crippen molar-refractivity contribution in [2.24, 2.45) is 5.92 Å². The van der Waals surface area contributed by atoms with E-state index < -0.39 is 0 Å². The molecule has 0 aromatic heterocycles. The van der Waals surface area contributed by atoms with Crippen LogP contribution in [0.5, 0.6) is 0 Å². The second kappa shape index (κ2) is 4.58. The van der Waals surface area contributed by atoms with Crippen molar-refractivity contribution in [2.75, 3.05) is 20.1 Å². The number of fused-ring (bicyclic) bond motifs is 2. The molecule has 3 aliphatic rings. The molecule has 3 rings (SSSR count). The van der Waals surface area contributed by atoms with Crippen LogP contribution in [0.15, 0.2) is 0 Å². The standard InChI is InChI=1S/C13H23N3O/c1-16-11-3-2-4-12(16)6-10(5-11)15-13(17)9-7-14-8-9/h9-12,14H,2-8H2,1H3,(H,15,17). The second-order valence-electron chi connectivity index (χ2n) is 5.94. The molecule has 2 bridgehead atoms. The fourth-order valence-electron chi connectivity index (χ4n) is 3.53. The highest BCUT2D eigenvalue weighted by molar-refractivity contribution is 5.80. The summed E-state index contributed by atoms with van der Waals surface area (Å²) in [5.41, 5.74) is 0. The molecule has 0 radical (unpaired) electrons. The Morgan fingerprint density at radius 1 is 1.24 bits per heavy atom. The van der Waals surface area contributed by atoms with Crippen molar-refractivity contribution in [2.45, 2.75) is 50.2 Å². The van der Waals surface area contributed by atoms with Gasteiger partial charge in [-0.15, -0.1) is 0 Å². The van der Waals surface area contributed by atoms with Gasteiger partial charge in [0.25, 0.3) is 0 Å². The molecule has 3 fully saturated rings. The molecule has 1 amide bonds. The Hall–Kier alpha value is -0.610. The molecule has 3 aliphatic heterocycles. The molecule has 0 aliphatic carbocycles. The van der Waals surface area contributed by atoms with Gasteiger partial charge in [0.1, 0.15) is 0 Å². The molecule has 4 heteroatoms. The Morgan fingerprint density at radius 3 is 2.41 bits per heavy atom. The number of hydrogen-bond acceptors (Lipinski definition) is 3. The van der Waals surface area contributed by atoms with Crippen LogP contribution in [0.4, 0.5) is 0 Å². The minimum atomic E-state index is 0.231. The van der Waals surface area contributed by atoms with E-state index in [0.29, 0.717) is 18.1 Å². The summed E-state index contributed by atoms with van der Waals surface area (Å²) in [7, 11) is 2.25. The van der Waals surface area contributed by atoms with Gasteiger partial charge in [-0.05, 0) is 32.7 Å². The number of nitrogens with zero attached hydrogens (tertiary/aromatic N) is 1. The zero-order chi connectivity index (χ0) is 11.8. The van der Waals surface area contributed by atoms with E-state index in [1.54, 1.807) is 0 Å². The van der Waals surface area contributed by atoms with Crippen molar-refractivity contribution in [1.82, 2.24) is 15.5 Å². The van der Waals surface area contributed by atoms with Gasteiger partial charge >= 0.3 is 0 Å². The quantitative estimate of drug-likeness (QED) is 0.728. The van der Waals surface area contributed by atoms with Gasteiger partial charge in [0.15, 0.2) is 0 Å². The van der Waals surface area contributed by atoms with Crippen molar-refractivity contribution < 1.29 is 4.79 Å². The maximum Gasteiger partial charge on any atom is 0.225 e. The molecule has 0 aromatic carbocycles. The summed E-state index contributed by atoms with van der Waals surface area (Å²) in [5.74, 6) is 0.505. The highest BCUT2D eigenvalue weighted by Crippen LogP contribution is 2.32. The largest absolute Gasteiger partial charge is 0.353 e. The average molecular weight is 237 g/mol. The molecular formula is C13H23N3O. The lowest BCUT2D eigenvalue weighted by atomic mass is 9.82. The number of rotatable bonds is 2. The Balaban J connectivity index is 1.56. The van der Waals surface area contributed by atoms with Crippen molar-refractivity contribution in [3.8, 4) is 0 Å². The molecule has 4 nitrogen and oxygen atoms in total. The van der Waals surface area contributed by atoms with Gasteiger partial charge in [0.2, 0.25) is 5.91 Å². The van der Waals surface area contributed by atoms with Crippen molar-refractivity contribution in [1.29, 1.82) is 0 Å². The van der Waals surface area contributed by atoms with Gasteiger partial charge in [-0.1, -0.05) is 6.42 Å². The zero-order valence-corrected chi connectivity index (χ0v) is 10.6. The van der Waals surface area contributed by atoms with Crippen LogP contribution in [-0.4, -0.2) is 49.1 Å². The van der Waals surface area contributed by atoms with Crippen LogP contribution in [0.3, 0.4) is 0 Å². The van der Waals surface area contributed by atoms with Crippen LogP contribution >= 0.6 is 0 Å². The van der Waals surface area contributed by atoms with Crippen molar-refractivity contribution >= 4 is 5.91 Å². The van der Waals surface area contributed by atoms with Gasteiger partial charge in [-0.3, -0.25) is 4.79 Å². The van der Waals surface area contributed by atoms with E-state index in [2.05, 4.69) is 22.6 Å². The zero-order valence-electron chi connectivity index (χ0n) is 10.6. The monoisotopic (exact) mass is 237 g/mol. The van der Waals surface area contributed by atoms with E-state index in [0.717, 1.165) is 25.9 Å². The summed E-state index contributed by atoms with van der Waals surface area (Å²) < 4.78 is 0. The van der Waals surface area contributed by atoms with E-state index in [9.17, 15) is 4.79 Å². The lowest BCUT2D eigenvalue weighted by Gasteiger charge is -2.47. The molecular weight excluding hydrogens is 214 g/mol. The Bertz CT molecular complexity index is 289. The smallest absolute Gasteiger partial charge is 0.225 e. The molecule has 3 saturated heterocycles. The maximum atomic E-state index is 11.9. The lowest BCUT2D eigenvalue weighted by Crippen LogP contribution is -2.58. The third-order valence-electron chi connectivity index (χ3n) is 4.84. The van der Waals surface area contributed by atoms with E-state index in [1.807, 2.05) is 0 Å². The molecule has 17 heavy (non-hydrogen) atoms. The first-order valence-corrected chi connectivity index (χ1v) is 6.97. The highest BCUT2D eigenvalue weighted by Gasteiger charge is 2.37. The third-order valence-corrected chi connectivity index (χ3v) is 4.84. The Kier molecular flexibility index (Phi) is 3.09. The first-order valence-electron chi connectivity index (χ1n) is 6.97. The first kappa shape index (κ1) is 11.5. The number of piperidine rings is 2. The summed E-state index contributed by atoms with van der Waals surface area (Å²) in [6.07, 6.45) is 6.29. The predicted octanol–water partition coefficient (Wildman–Crippen LogP) is 0.337. The molecule has 3 heterocycles. The maximum absolute atomic E-state index is 11.9. The van der Waals surface area contributed by atoms with Gasteiger partial charge in [0, 0.05) is 31.2 Å². The fraction of sp³-hybridized carbons (Fsp3) is 0.923. The molecule has 0 saturated carbocycles. The SMILES string of the molecule is CN1C2CCCC1CC(NC(=O)C1CNC1)C2. The summed E-state index contributed by atoms with van der Waals surface area (Å²) in [5, 5.41) is 6.42. The number of hydrogen-bond donors (Lipinski definition) is 2. The molecule has 2 N–H and O–H groups in total. The third kappa shape index (κ3) is 2.20. The van der Waals surface area contributed by atoms with Crippen LogP contribution in [0.2, 0.25) is 0 Å². The van der Waals surface area contributed by atoms with Crippen LogP contribution in [0.1, 0.15) is 32.1 Å². The molecule has 2 unspecified atom stereocenters. The highest BCUT2D eigenvalue weighted by atomic mass is 16.2. The normalized spacial score (nSPS) is 38.5. The van der Waals surface area contributed by atoms with Crippen LogP contribution in [0, 0.1) is 5.92 Å². The average Bonchev–Trinajstić information content (AvgIpc) is 2.16. The first-order chi connectivity index (χ1) is 8.24. The molecule has 2 atom stereocenters. The van der Waals surface area contributed by atoms with Crippen molar-refractivity contribution in [3.05, 3.63) is 0 Å². The van der Waals surface area contributed by atoms with E-state index in [-0.39, 0.29) is 11.8 Å². The number of amides is 1. The Morgan fingerprint density at radius 2 is 1.88 bits per heavy atom. The lowest BCUT2D eigenvalue weighted by molar-refractivity contribution is -0.127. The van der Waals surface area contributed by atoms with Crippen LogP contribution < -0.4 is 10.6 Å². The molecule has 96 valence electrons. The van der Waals surface area contributed by atoms with Gasteiger partial charge in [-0.25, -0.2) is 0 Å². The van der Waals surface area contributed by atoms with Gasteiger partial charge < -0.3 is 15.5 Å². The van der Waals surface area contributed by atoms with E-state index in [1.165, 1.54) is 19.3 Å². The van der Waals surface area contributed by atoms with Gasteiger partial charge in [0.05, 0.1) is 5.92 Å². The number of carbonyl (C=O) groups excluding carboxylic acids is 1. The fourth-order valence-corrected chi connectivity index (χ4v) is 3.53. The molecule has 0 spiro atoms. The second-order valence-corrected chi connectivity index (χ2v) is 5.94. The summed E-state index contributed by atoms with van der Waals surface area (Å²) in [6.45, 7) is 1.73. The summed E-state index contributed by atoms with van der Waals surface area (Å²) in [6, 6.07) is 1.83. The van der Waals surface area contributed by atoms with E-state index >= 15 is 0 Å². The number of carbonyl (C=O) groups is 1. The minimum Gasteiger partial charge on any atom is -0.353 e. The minimum absolute atomic E-state index is 0.231. The van der Waals surface area contributed by atoms with Gasteiger partial charge in [-0.2, -0.15) is 0 Å². The summed E-state index contributed by atoms with van der Waals surface area (Å²) in [4.78, 5) is 14.5. The van der Waals surface area contributed by atoms with Crippen LogP contribution in [0.25, 0.3) is 0 Å². The van der Waals surface area contributed by atoms with Crippen molar-refractivity contribution in [3.63, 3.8) is 0 Å². The summed E-state index contributed by atoms with van der Waals surface area (Å²) >= 11 is 0. The topological polar surface area (TPSA) is 44.4 Å². The molecule has 0 aromatic rings. The predicted molar refractivity (Wildman–Crippen MR) is 66.7 cm³/mol. The Labute approximate surface area is 103 Å².